The van der Waals surface area contributed by atoms with Crippen LogP contribution in [0.2, 0.25) is 0 Å². The highest BCUT2D eigenvalue weighted by atomic mass is 79.9. The van der Waals surface area contributed by atoms with E-state index in [1.54, 1.807) is 13.2 Å². The number of ether oxygens (including phenoxy) is 2. The molecule has 0 fully saturated rings. The van der Waals surface area contributed by atoms with E-state index in [0.29, 0.717) is 17.6 Å². The maximum Gasteiger partial charge on any atom is 0.139 e. The lowest BCUT2D eigenvalue weighted by Crippen LogP contribution is -2.12. The Bertz CT molecular complexity index is 602. The first kappa shape index (κ1) is 15.6. The molecule has 2 rings (SSSR count). The van der Waals surface area contributed by atoms with Crippen molar-refractivity contribution >= 4 is 21.6 Å². The van der Waals surface area contributed by atoms with Crippen molar-refractivity contribution < 1.29 is 13.9 Å². The summed E-state index contributed by atoms with van der Waals surface area (Å²) in [4.78, 5) is 0. The van der Waals surface area contributed by atoms with Gasteiger partial charge in [-0.25, -0.2) is 4.39 Å². The van der Waals surface area contributed by atoms with Crippen LogP contribution in [-0.2, 0) is 0 Å². The van der Waals surface area contributed by atoms with Crippen molar-refractivity contribution in [2.45, 2.75) is 6.92 Å². The molecule has 1 N–H and O–H groups in total. The number of hydrogen-bond donors (Lipinski definition) is 1. The van der Waals surface area contributed by atoms with E-state index in [9.17, 15) is 4.39 Å². The van der Waals surface area contributed by atoms with E-state index in [2.05, 4.69) is 21.2 Å². The summed E-state index contributed by atoms with van der Waals surface area (Å²) in [5, 5.41) is 3.16. The van der Waals surface area contributed by atoms with Crippen molar-refractivity contribution in [1.29, 1.82) is 0 Å². The third kappa shape index (κ3) is 4.36. The summed E-state index contributed by atoms with van der Waals surface area (Å²) in [5.74, 6) is 1.29. The standard InChI is InChI=1S/C16H17BrFNO2/c1-11-9-14(17)15(18)10-16(11)19-7-8-21-13-5-3-12(20-2)4-6-13/h3-6,9-10,19H,7-8H2,1-2H3. The van der Waals surface area contributed by atoms with Gasteiger partial charge in [0.15, 0.2) is 0 Å². The second-order valence-electron chi connectivity index (χ2n) is 4.53. The SMILES string of the molecule is COc1ccc(OCCNc2cc(F)c(Br)cc2C)cc1. The molecule has 2 aromatic rings. The second kappa shape index (κ2) is 7.31. The minimum atomic E-state index is -0.279. The summed E-state index contributed by atoms with van der Waals surface area (Å²) in [7, 11) is 1.62. The van der Waals surface area contributed by atoms with Crippen molar-refractivity contribution in [2.75, 3.05) is 25.6 Å². The Morgan fingerprint density at radius 1 is 1.14 bits per heavy atom. The maximum atomic E-state index is 13.5. The summed E-state index contributed by atoms with van der Waals surface area (Å²) < 4.78 is 24.6. The Kier molecular flexibility index (Phi) is 5.44. The van der Waals surface area contributed by atoms with Crippen LogP contribution in [0.5, 0.6) is 11.5 Å². The van der Waals surface area contributed by atoms with Crippen molar-refractivity contribution in [3.63, 3.8) is 0 Å². The first-order valence-corrected chi connectivity index (χ1v) is 7.36. The number of benzene rings is 2. The van der Waals surface area contributed by atoms with Crippen LogP contribution in [0.15, 0.2) is 40.9 Å². The Balaban J connectivity index is 1.83. The van der Waals surface area contributed by atoms with E-state index < -0.39 is 0 Å². The van der Waals surface area contributed by atoms with Crippen LogP contribution in [-0.4, -0.2) is 20.3 Å². The number of methoxy groups -OCH3 is 1. The molecule has 0 aliphatic heterocycles. The van der Waals surface area contributed by atoms with E-state index >= 15 is 0 Å². The van der Waals surface area contributed by atoms with E-state index in [0.717, 1.165) is 22.7 Å². The summed E-state index contributed by atoms with van der Waals surface area (Å²) in [6.45, 7) is 3.01. The Labute approximate surface area is 132 Å². The van der Waals surface area contributed by atoms with Gasteiger partial charge in [-0.1, -0.05) is 0 Å². The number of halogens is 2. The molecular weight excluding hydrogens is 337 g/mol. The first-order chi connectivity index (χ1) is 10.1. The summed E-state index contributed by atoms with van der Waals surface area (Å²) in [5.41, 5.74) is 1.75. The van der Waals surface area contributed by atoms with Crippen LogP contribution in [0.1, 0.15) is 5.56 Å². The van der Waals surface area contributed by atoms with Gasteiger partial charge < -0.3 is 14.8 Å². The van der Waals surface area contributed by atoms with Crippen molar-refractivity contribution in [3.05, 3.63) is 52.3 Å². The lowest BCUT2D eigenvalue weighted by atomic mass is 10.2. The molecule has 0 saturated heterocycles. The summed E-state index contributed by atoms with van der Waals surface area (Å²) >= 11 is 3.17. The zero-order valence-corrected chi connectivity index (χ0v) is 13.5. The Hall–Kier alpha value is -1.75. The predicted molar refractivity (Wildman–Crippen MR) is 85.8 cm³/mol. The lowest BCUT2D eigenvalue weighted by Gasteiger charge is -2.11. The third-order valence-corrected chi connectivity index (χ3v) is 3.62. The van der Waals surface area contributed by atoms with Gasteiger partial charge in [-0.15, -0.1) is 0 Å². The van der Waals surface area contributed by atoms with Crippen LogP contribution >= 0.6 is 15.9 Å². The fraction of sp³-hybridized carbons (Fsp3) is 0.250. The van der Waals surface area contributed by atoms with Crippen LogP contribution < -0.4 is 14.8 Å². The van der Waals surface area contributed by atoms with Crippen LogP contribution in [0.4, 0.5) is 10.1 Å². The zero-order valence-electron chi connectivity index (χ0n) is 12.0. The largest absolute Gasteiger partial charge is 0.497 e. The highest BCUT2D eigenvalue weighted by molar-refractivity contribution is 9.10. The lowest BCUT2D eigenvalue weighted by molar-refractivity contribution is 0.331. The molecule has 2 aromatic carbocycles. The van der Waals surface area contributed by atoms with Gasteiger partial charge in [0.25, 0.3) is 0 Å². The fourth-order valence-corrected chi connectivity index (χ4v) is 2.32. The normalized spacial score (nSPS) is 10.3. The maximum absolute atomic E-state index is 13.5. The van der Waals surface area contributed by atoms with Gasteiger partial charge in [-0.2, -0.15) is 0 Å². The molecule has 112 valence electrons. The Morgan fingerprint density at radius 3 is 2.48 bits per heavy atom. The van der Waals surface area contributed by atoms with Gasteiger partial charge in [0.05, 0.1) is 11.6 Å². The molecule has 0 radical (unpaired) electrons. The topological polar surface area (TPSA) is 30.5 Å². The quantitative estimate of drug-likeness (QED) is 0.781. The Morgan fingerprint density at radius 2 is 1.81 bits per heavy atom. The molecule has 0 aromatic heterocycles. The fourth-order valence-electron chi connectivity index (χ4n) is 1.86. The van der Waals surface area contributed by atoms with E-state index in [4.69, 9.17) is 9.47 Å². The number of rotatable bonds is 6. The molecule has 0 unspecified atom stereocenters. The smallest absolute Gasteiger partial charge is 0.139 e. The van der Waals surface area contributed by atoms with Gasteiger partial charge in [-0.3, -0.25) is 0 Å². The van der Waals surface area contributed by atoms with Gasteiger partial charge in [0.1, 0.15) is 23.9 Å². The minimum Gasteiger partial charge on any atom is -0.497 e. The zero-order chi connectivity index (χ0) is 15.2. The number of nitrogens with one attached hydrogen (secondary N) is 1. The molecule has 0 aliphatic carbocycles. The molecule has 0 saturated carbocycles. The number of anilines is 1. The summed E-state index contributed by atoms with van der Waals surface area (Å²) in [6, 6.07) is 10.6. The molecule has 0 atom stereocenters. The van der Waals surface area contributed by atoms with Crippen molar-refractivity contribution in [1.82, 2.24) is 0 Å². The summed E-state index contributed by atoms with van der Waals surface area (Å²) in [6.07, 6.45) is 0. The first-order valence-electron chi connectivity index (χ1n) is 6.56. The van der Waals surface area contributed by atoms with Gasteiger partial charge in [0.2, 0.25) is 0 Å². The van der Waals surface area contributed by atoms with E-state index in [-0.39, 0.29) is 5.82 Å². The number of hydrogen-bond acceptors (Lipinski definition) is 3. The third-order valence-electron chi connectivity index (χ3n) is 3.01. The molecule has 21 heavy (non-hydrogen) atoms. The molecule has 3 nitrogen and oxygen atoms in total. The average molecular weight is 354 g/mol. The molecule has 0 amide bonds. The number of aryl methyl sites for hydroxylation is 1. The van der Waals surface area contributed by atoms with Crippen LogP contribution in [0, 0.1) is 12.7 Å². The second-order valence-corrected chi connectivity index (χ2v) is 5.39. The highest BCUT2D eigenvalue weighted by Crippen LogP contribution is 2.23. The molecule has 0 bridgehead atoms. The van der Waals surface area contributed by atoms with Crippen molar-refractivity contribution in [2.24, 2.45) is 0 Å². The van der Waals surface area contributed by atoms with Gasteiger partial charge in [0, 0.05) is 12.2 Å². The van der Waals surface area contributed by atoms with E-state index in [1.165, 1.54) is 6.07 Å². The van der Waals surface area contributed by atoms with Crippen LogP contribution in [0.25, 0.3) is 0 Å². The van der Waals surface area contributed by atoms with Gasteiger partial charge in [-0.05, 0) is 64.8 Å². The average Bonchev–Trinajstić information content (AvgIpc) is 2.49. The highest BCUT2D eigenvalue weighted by Gasteiger charge is 2.04. The minimum absolute atomic E-state index is 0.279. The predicted octanol–water partition coefficient (Wildman–Crippen LogP) is 4.40. The molecule has 0 aliphatic rings. The van der Waals surface area contributed by atoms with Crippen LogP contribution in [0.3, 0.4) is 0 Å². The molecule has 0 heterocycles. The monoisotopic (exact) mass is 353 g/mol. The molecular formula is C16H17BrFNO2. The molecule has 0 spiro atoms. The van der Waals surface area contributed by atoms with Crippen molar-refractivity contribution in [3.8, 4) is 11.5 Å². The molecule has 5 heteroatoms. The van der Waals surface area contributed by atoms with E-state index in [1.807, 2.05) is 31.2 Å². The van der Waals surface area contributed by atoms with Gasteiger partial charge >= 0.3 is 0 Å².